The summed E-state index contributed by atoms with van der Waals surface area (Å²) in [6.07, 6.45) is 0.317. The fraction of sp³-hybridized carbons (Fsp3) is 0.316. The molecule has 0 amide bonds. The smallest absolute Gasteiger partial charge is 0.342 e. The van der Waals surface area contributed by atoms with E-state index < -0.39 is 11.9 Å². The van der Waals surface area contributed by atoms with Crippen LogP contribution in [0.25, 0.3) is 0 Å². The zero-order chi connectivity index (χ0) is 18.6. The van der Waals surface area contributed by atoms with E-state index in [-0.39, 0.29) is 22.8 Å². The van der Waals surface area contributed by atoms with E-state index in [1.165, 1.54) is 14.2 Å². The first-order chi connectivity index (χ1) is 11.9. The fourth-order valence-corrected chi connectivity index (χ4v) is 2.58. The maximum absolute atomic E-state index is 12.2. The second-order valence-corrected chi connectivity index (χ2v) is 5.84. The van der Waals surface area contributed by atoms with Crippen molar-refractivity contribution < 1.29 is 24.2 Å². The van der Waals surface area contributed by atoms with E-state index in [9.17, 15) is 14.7 Å². The summed E-state index contributed by atoms with van der Waals surface area (Å²) < 4.78 is 9.54. The third-order valence-electron chi connectivity index (χ3n) is 3.81. The van der Waals surface area contributed by atoms with Crippen molar-refractivity contribution >= 4 is 11.9 Å². The summed E-state index contributed by atoms with van der Waals surface area (Å²) in [6.45, 7) is 3.69. The van der Waals surface area contributed by atoms with Gasteiger partial charge in [0.05, 0.1) is 31.2 Å². The normalized spacial score (nSPS) is 10.6. The largest absolute Gasteiger partial charge is 0.505 e. The van der Waals surface area contributed by atoms with Gasteiger partial charge in [0.1, 0.15) is 5.56 Å². The number of carbonyl (C=O) groups is 2. The Labute approximate surface area is 146 Å². The number of benzene rings is 1. The second-order valence-electron chi connectivity index (χ2n) is 5.84. The molecule has 0 aliphatic rings. The molecule has 0 saturated carbocycles. The van der Waals surface area contributed by atoms with Crippen LogP contribution in [-0.2, 0) is 15.9 Å². The van der Waals surface area contributed by atoms with Gasteiger partial charge >= 0.3 is 11.9 Å². The molecule has 25 heavy (non-hydrogen) atoms. The second kappa shape index (κ2) is 7.79. The molecular formula is C19H21NO5. The highest BCUT2D eigenvalue weighted by Gasteiger charge is 2.30. The van der Waals surface area contributed by atoms with Crippen molar-refractivity contribution in [1.29, 1.82) is 0 Å². The van der Waals surface area contributed by atoms with Crippen LogP contribution in [0.4, 0.5) is 0 Å². The van der Waals surface area contributed by atoms with Crippen LogP contribution in [-0.4, -0.2) is 36.2 Å². The standard InChI is InChI=1S/C19H21NO5/c1-11(2)16-14(18(22)24-3)15(19(23)25-4)17(21)13(20-16)10-12-8-6-5-7-9-12/h5-9,11,21H,10H2,1-4H3. The molecule has 0 fully saturated rings. The van der Waals surface area contributed by atoms with Crippen LogP contribution in [0.1, 0.15) is 57.4 Å². The molecule has 1 heterocycles. The van der Waals surface area contributed by atoms with Crippen molar-refractivity contribution in [3.8, 4) is 5.75 Å². The highest BCUT2D eigenvalue weighted by atomic mass is 16.5. The Morgan fingerprint density at radius 3 is 2.12 bits per heavy atom. The van der Waals surface area contributed by atoms with Gasteiger partial charge in [-0.3, -0.25) is 4.98 Å². The van der Waals surface area contributed by atoms with E-state index in [1.54, 1.807) is 0 Å². The number of hydrogen-bond donors (Lipinski definition) is 1. The lowest BCUT2D eigenvalue weighted by Crippen LogP contribution is -2.19. The number of carbonyl (C=O) groups excluding carboxylic acids is 2. The van der Waals surface area contributed by atoms with Gasteiger partial charge in [-0.1, -0.05) is 44.2 Å². The van der Waals surface area contributed by atoms with Crippen molar-refractivity contribution in [3.63, 3.8) is 0 Å². The Balaban J connectivity index is 2.72. The van der Waals surface area contributed by atoms with Gasteiger partial charge in [-0.25, -0.2) is 9.59 Å². The number of ether oxygens (including phenoxy) is 2. The maximum Gasteiger partial charge on any atom is 0.342 e. The Hall–Kier alpha value is -2.89. The van der Waals surface area contributed by atoms with Crippen LogP contribution in [0.3, 0.4) is 0 Å². The highest BCUT2D eigenvalue weighted by molar-refractivity contribution is 6.06. The lowest BCUT2D eigenvalue weighted by atomic mass is 9.95. The number of rotatable bonds is 5. The summed E-state index contributed by atoms with van der Waals surface area (Å²) >= 11 is 0. The molecule has 6 heteroatoms. The van der Waals surface area contributed by atoms with Gasteiger partial charge in [0, 0.05) is 6.42 Å². The van der Waals surface area contributed by atoms with Gasteiger partial charge in [-0.15, -0.1) is 0 Å². The zero-order valence-electron chi connectivity index (χ0n) is 14.7. The molecule has 0 bridgehead atoms. The van der Waals surface area contributed by atoms with Gasteiger partial charge in [-0.2, -0.15) is 0 Å². The van der Waals surface area contributed by atoms with Gasteiger partial charge in [0.2, 0.25) is 0 Å². The Morgan fingerprint density at radius 1 is 1.04 bits per heavy atom. The van der Waals surface area contributed by atoms with Crippen molar-refractivity contribution in [1.82, 2.24) is 4.98 Å². The van der Waals surface area contributed by atoms with Crippen LogP contribution in [0.5, 0.6) is 5.75 Å². The van der Waals surface area contributed by atoms with Crippen LogP contribution in [0.15, 0.2) is 30.3 Å². The topological polar surface area (TPSA) is 85.7 Å². The number of pyridine rings is 1. The molecule has 2 aromatic rings. The summed E-state index contributed by atoms with van der Waals surface area (Å²) in [6, 6.07) is 9.42. The van der Waals surface area contributed by atoms with Crippen LogP contribution in [0.2, 0.25) is 0 Å². The van der Waals surface area contributed by atoms with E-state index in [4.69, 9.17) is 9.47 Å². The Morgan fingerprint density at radius 2 is 1.60 bits per heavy atom. The lowest BCUT2D eigenvalue weighted by molar-refractivity contribution is 0.0549. The minimum atomic E-state index is -0.809. The first-order valence-corrected chi connectivity index (χ1v) is 7.86. The average molecular weight is 343 g/mol. The predicted molar refractivity (Wildman–Crippen MR) is 91.9 cm³/mol. The zero-order valence-corrected chi connectivity index (χ0v) is 14.7. The molecule has 132 valence electrons. The number of esters is 2. The van der Waals surface area contributed by atoms with Crippen LogP contribution >= 0.6 is 0 Å². The van der Waals surface area contributed by atoms with E-state index in [0.29, 0.717) is 17.8 Å². The molecule has 0 aliphatic heterocycles. The Bertz CT molecular complexity index is 784. The molecule has 0 atom stereocenters. The summed E-state index contributed by atoms with van der Waals surface area (Å²) in [4.78, 5) is 28.9. The third-order valence-corrected chi connectivity index (χ3v) is 3.81. The third kappa shape index (κ3) is 3.79. The molecule has 0 unspecified atom stereocenters. The monoisotopic (exact) mass is 343 g/mol. The molecule has 1 aromatic heterocycles. The number of aromatic nitrogens is 1. The summed E-state index contributed by atoms with van der Waals surface area (Å²) in [5.41, 5.74) is 1.35. The molecule has 0 spiro atoms. The molecular weight excluding hydrogens is 322 g/mol. The van der Waals surface area contributed by atoms with Crippen molar-refractivity contribution in [2.24, 2.45) is 0 Å². The van der Waals surface area contributed by atoms with Gasteiger partial charge in [0.15, 0.2) is 5.75 Å². The highest BCUT2D eigenvalue weighted by Crippen LogP contribution is 2.32. The number of methoxy groups -OCH3 is 2. The summed E-state index contributed by atoms with van der Waals surface area (Å²) in [7, 11) is 2.40. The van der Waals surface area contributed by atoms with Gasteiger partial charge in [0.25, 0.3) is 0 Å². The minimum absolute atomic E-state index is 0.0568. The molecule has 0 aliphatic carbocycles. The molecule has 1 aromatic carbocycles. The lowest BCUT2D eigenvalue weighted by Gasteiger charge is -2.18. The van der Waals surface area contributed by atoms with Crippen LogP contribution < -0.4 is 0 Å². The molecule has 6 nitrogen and oxygen atoms in total. The summed E-state index contributed by atoms with van der Waals surface area (Å²) in [5.74, 6) is -2.07. The fourth-order valence-electron chi connectivity index (χ4n) is 2.58. The predicted octanol–water partition coefficient (Wildman–Crippen LogP) is 3.07. The van der Waals surface area contributed by atoms with Crippen molar-refractivity contribution in [2.45, 2.75) is 26.2 Å². The van der Waals surface area contributed by atoms with Crippen molar-refractivity contribution in [2.75, 3.05) is 14.2 Å². The van der Waals surface area contributed by atoms with Gasteiger partial charge < -0.3 is 14.6 Å². The summed E-state index contributed by atoms with van der Waals surface area (Å²) in [5, 5.41) is 10.6. The van der Waals surface area contributed by atoms with E-state index >= 15 is 0 Å². The van der Waals surface area contributed by atoms with E-state index in [0.717, 1.165) is 5.56 Å². The number of hydrogen-bond acceptors (Lipinski definition) is 6. The SMILES string of the molecule is COC(=O)c1c(C(C)C)nc(Cc2ccccc2)c(O)c1C(=O)OC. The molecule has 1 N–H and O–H groups in total. The minimum Gasteiger partial charge on any atom is -0.505 e. The van der Waals surface area contributed by atoms with E-state index in [2.05, 4.69) is 4.98 Å². The van der Waals surface area contributed by atoms with Crippen molar-refractivity contribution in [3.05, 3.63) is 58.4 Å². The molecule has 2 rings (SSSR count). The first kappa shape index (κ1) is 18.4. The Kier molecular flexibility index (Phi) is 5.75. The molecule has 0 radical (unpaired) electrons. The first-order valence-electron chi connectivity index (χ1n) is 7.86. The van der Waals surface area contributed by atoms with E-state index in [1.807, 2.05) is 44.2 Å². The quantitative estimate of drug-likeness (QED) is 0.840. The average Bonchev–Trinajstić information content (AvgIpc) is 2.62. The molecule has 0 saturated heterocycles. The maximum atomic E-state index is 12.2. The number of nitrogens with zero attached hydrogens (tertiary/aromatic N) is 1. The van der Waals surface area contributed by atoms with Gasteiger partial charge in [-0.05, 0) is 11.5 Å². The van der Waals surface area contributed by atoms with Crippen LogP contribution in [0, 0.1) is 0 Å². The number of aromatic hydroxyl groups is 1.